The molecular formula is C22H18F3N3O2. The van der Waals surface area contributed by atoms with E-state index in [0.717, 1.165) is 16.5 Å². The number of anilines is 1. The molecule has 1 aromatic heterocycles. The number of amides is 1. The van der Waals surface area contributed by atoms with Crippen molar-refractivity contribution in [3.63, 3.8) is 0 Å². The third kappa shape index (κ3) is 5.41. The van der Waals surface area contributed by atoms with Gasteiger partial charge in [-0.15, -0.1) is 0 Å². The summed E-state index contributed by atoms with van der Waals surface area (Å²) < 4.78 is 43.9. The number of carbonyl (C=O) groups excluding carboxylic acids is 1. The number of nitrogens with one attached hydrogen (secondary N) is 1. The van der Waals surface area contributed by atoms with Gasteiger partial charge in [-0.1, -0.05) is 30.3 Å². The number of aryl methyl sites for hydroxylation is 1. The zero-order chi connectivity index (χ0) is 21.6. The summed E-state index contributed by atoms with van der Waals surface area (Å²) in [6.45, 7) is -0.918. The SMILES string of the molecule is N#CCCn1cc(/C=C/C(=O)Nc2ccccc2OCC(F)(F)F)c2ccccc21. The van der Waals surface area contributed by atoms with E-state index in [4.69, 9.17) is 10.00 Å². The number of fused-ring (bicyclic) bond motifs is 1. The maximum Gasteiger partial charge on any atom is 0.422 e. The number of aromatic nitrogens is 1. The first-order chi connectivity index (χ1) is 14.4. The molecule has 0 atom stereocenters. The normalized spacial score (nSPS) is 11.5. The van der Waals surface area contributed by atoms with Crippen LogP contribution in [0, 0.1) is 11.3 Å². The summed E-state index contributed by atoms with van der Waals surface area (Å²) >= 11 is 0. The molecule has 0 bridgehead atoms. The fourth-order valence-electron chi connectivity index (χ4n) is 2.96. The summed E-state index contributed by atoms with van der Waals surface area (Å²) in [5.74, 6) is -0.573. The predicted octanol–water partition coefficient (Wildman–Crippen LogP) is 5.15. The molecule has 2 aromatic carbocycles. The molecule has 0 aliphatic heterocycles. The molecule has 1 N–H and O–H groups in total. The van der Waals surface area contributed by atoms with Crippen LogP contribution in [0.15, 0.2) is 60.8 Å². The molecule has 30 heavy (non-hydrogen) atoms. The molecule has 0 spiro atoms. The molecule has 1 amide bonds. The Hall–Kier alpha value is -3.73. The molecule has 0 aliphatic rings. The lowest BCUT2D eigenvalue weighted by Gasteiger charge is -2.13. The molecule has 0 fully saturated rings. The number of nitrogens with zero attached hydrogens (tertiary/aromatic N) is 2. The number of halogens is 3. The minimum absolute atomic E-state index is 0.0651. The van der Waals surface area contributed by atoms with Crippen LogP contribution in [0.4, 0.5) is 18.9 Å². The fourth-order valence-corrected chi connectivity index (χ4v) is 2.96. The van der Waals surface area contributed by atoms with Crippen molar-refractivity contribution >= 4 is 28.6 Å². The van der Waals surface area contributed by atoms with Crippen LogP contribution in [-0.4, -0.2) is 23.3 Å². The van der Waals surface area contributed by atoms with Crippen molar-refractivity contribution in [3.8, 4) is 11.8 Å². The Bertz CT molecular complexity index is 1110. The van der Waals surface area contributed by atoms with Gasteiger partial charge in [-0.25, -0.2) is 0 Å². The Balaban J connectivity index is 1.75. The number of ether oxygens (including phenoxy) is 1. The molecule has 8 heteroatoms. The number of nitriles is 1. The molecule has 3 aromatic rings. The second-order valence-electron chi connectivity index (χ2n) is 6.43. The van der Waals surface area contributed by atoms with Gasteiger partial charge in [0.25, 0.3) is 0 Å². The Morgan fingerprint density at radius 1 is 1.17 bits per heavy atom. The smallest absolute Gasteiger partial charge is 0.422 e. The van der Waals surface area contributed by atoms with E-state index in [1.54, 1.807) is 12.1 Å². The summed E-state index contributed by atoms with van der Waals surface area (Å²) in [5, 5.41) is 12.3. The summed E-state index contributed by atoms with van der Waals surface area (Å²) in [5.41, 5.74) is 1.88. The summed E-state index contributed by atoms with van der Waals surface area (Å²) in [4.78, 5) is 12.3. The largest absolute Gasteiger partial charge is 0.482 e. The highest BCUT2D eigenvalue weighted by Crippen LogP contribution is 2.27. The molecule has 154 valence electrons. The summed E-state index contributed by atoms with van der Waals surface area (Å²) in [6.07, 6.45) is 0.663. The molecule has 1 heterocycles. The van der Waals surface area contributed by atoms with Gasteiger partial charge < -0.3 is 14.6 Å². The Kier molecular flexibility index (Phi) is 6.42. The van der Waals surface area contributed by atoms with E-state index in [1.807, 2.05) is 35.0 Å². The van der Waals surface area contributed by atoms with Gasteiger partial charge in [0.2, 0.25) is 5.91 Å². The topological polar surface area (TPSA) is 67.0 Å². The van der Waals surface area contributed by atoms with Crippen molar-refractivity contribution in [2.75, 3.05) is 11.9 Å². The van der Waals surface area contributed by atoms with Crippen molar-refractivity contribution in [1.82, 2.24) is 4.57 Å². The van der Waals surface area contributed by atoms with E-state index in [9.17, 15) is 18.0 Å². The van der Waals surface area contributed by atoms with Crippen LogP contribution in [0.1, 0.15) is 12.0 Å². The van der Waals surface area contributed by atoms with E-state index in [-0.39, 0.29) is 11.4 Å². The second-order valence-corrected chi connectivity index (χ2v) is 6.43. The quantitative estimate of drug-likeness (QED) is 0.545. The number of rotatable bonds is 7. The first-order valence-electron chi connectivity index (χ1n) is 9.10. The number of alkyl halides is 3. The predicted molar refractivity (Wildman–Crippen MR) is 108 cm³/mol. The monoisotopic (exact) mass is 413 g/mol. The average molecular weight is 413 g/mol. The lowest BCUT2D eigenvalue weighted by molar-refractivity contribution is -0.153. The number of para-hydroxylation sites is 3. The van der Waals surface area contributed by atoms with E-state index in [0.29, 0.717) is 13.0 Å². The summed E-state index contributed by atoms with van der Waals surface area (Å²) in [6, 6.07) is 15.6. The molecular weight excluding hydrogens is 395 g/mol. The van der Waals surface area contributed by atoms with Crippen LogP contribution < -0.4 is 10.1 Å². The highest BCUT2D eigenvalue weighted by Gasteiger charge is 2.28. The lowest BCUT2D eigenvalue weighted by atomic mass is 10.1. The van der Waals surface area contributed by atoms with Gasteiger partial charge in [-0.3, -0.25) is 4.79 Å². The van der Waals surface area contributed by atoms with Gasteiger partial charge >= 0.3 is 6.18 Å². The lowest BCUT2D eigenvalue weighted by Crippen LogP contribution is -2.20. The highest BCUT2D eigenvalue weighted by atomic mass is 19.4. The van der Waals surface area contributed by atoms with Crippen molar-refractivity contribution in [3.05, 3.63) is 66.4 Å². The number of hydrogen-bond acceptors (Lipinski definition) is 3. The zero-order valence-electron chi connectivity index (χ0n) is 15.8. The van der Waals surface area contributed by atoms with Gasteiger partial charge in [0, 0.05) is 35.3 Å². The molecule has 0 saturated carbocycles. The Morgan fingerprint density at radius 2 is 1.90 bits per heavy atom. The molecule has 5 nitrogen and oxygen atoms in total. The minimum Gasteiger partial charge on any atom is -0.482 e. The van der Waals surface area contributed by atoms with Gasteiger partial charge in [-0.2, -0.15) is 18.4 Å². The number of carbonyl (C=O) groups is 1. The zero-order valence-corrected chi connectivity index (χ0v) is 15.8. The van der Waals surface area contributed by atoms with Crippen LogP contribution in [0.25, 0.3) is 17.0 Å². The van der Waals surface area contributed by atoms with Gasteiger partial charge in [0.15, 0.2) is 6.61 Å². The summed E-state index contributed by atoms with van der Waals surface area (Å²) in [7, 11) is 0. The van der Waals surface area contributed by atoms with Gasteiger partial charge in [-0.05, 0) is 24.3 Å². The Labute approximate surface area is 171 Å². The van der Waals surface area contributed by atoms with Crippen LogP contribution in [0.3, 0.4) is 0 Å². The van der Waals surface area contributed by atoms with Gasteiger partial charge in [0.05, 0.1) is 18.2 Å². The molecule has 0 unspecified atom stereocenters. The second kappa shape index (κ2) is 9.18. The van der Waals surface area contributed by atoms with E-state index in [2.05, 4.69) is 11.4 Å². The van der Waals surface area contributed by atoms with Crippen LogP contribution >= 0.6 is 0 Å². The van der Waals surface area contributed by atoms with Crippen LogP contribution in [0.2, 0.25) is 0 Å². The van der Waals surface area contributed by atoms with Crippen molar-refractivity contribution in [1.29, 1.82) is 5.26 Å². The van der Waals surface area contributed by atoms with Crippen molar-refractivity contribution in [2.24, 2.45) is 0 Å². The maximum absolute atomic E-state index is 12.4. The molecule has 0 radical (unpaired) electrons. The Morgan fingerprint density at radius 3 is 2.67 bits per heavy atom. The molecule has 3 rings (SSSR count). The average Bonchev–Trinajstić information content (AvgIpc) is 3.07. The fraction of sp³-hybridized carbons (Fsp3) is 0.182. The van der Waals surface area contributed by atoms with Gasteiger partial charge in [0.1, 0.15) is 5.75 Å². The van der Waals surface area contributed by atoms with E-state index in [1.165, 1.54) is 24.3 Å². The third-order valence-electron chi connectivity index (χ3n) is 4.23. The third-order valence-corrected chi connectivity index (χ3v) is 4.23. The maximum atomic E-state index is 12.4. The molecule has 0 aliphatic carbocycles. The standard InChI is InChI=1S/C22H18F3N3O2/c23-22(24,25)15-30-20-9-4-2-7-18(20)27-21(29)11-10-16-14-28(13-5-12-26)19-8-3-1-6-17(16)19/h1-4,6-11,14H,5,13,15H2,(H,27,29)/b11-10+. The van der Waals surface area contributed by atoms with Crippen molar-refractivity contribution in [2.45, 2.75) is 19.1 Å². The van der Waals surface area contributed by atoms with Crippen LogP contribution in [0.5, 0.6) is 5.75 Å². The first-order valence-corrected chi connectivity index (χ1v) is 9.10. The number of hydrogen-bond donors (Lipinski definition) is 1. The number of benzene rings is 2. The first kappa shape index (κ1) is 21.0. The minimum atomic E-state index is -4.48. The highest BCUT2D eigenvalue weighted by molar-refractivity contribution is 6.04. The van der Waals surface area contributed by atoms with Crippen molar-refractivity contribution < 1.29 is 22.7 Å². The van der Waals surface area contributed by atoms with Crippen LogP contribution in [-0.2, 0) is 11.3 Å². The van der Waals surface area contributed by atoms with E-state index >= 15 is 0 Å². The van der Waals surface area contributed by atoms with E-state index < -0.39 is 18.7 Å². The molecule has 0 saturated heterocycles.